The first-order valence-electron chi connectivity index (χ1n) is 8.54. The number of urea groups is 1. The zero-order valence-corrected chi connectivity index (χ0v) is 15.3. The van der Waals surface area contributed by atoms with Gasteiger partial charge in [-0.1, -0.05) is 17.7 Å². The average molecular weight is 347 g/mol. The van der Waals surface area contributed by atoms with E-state index in [9.17, 15) is 14.4 Å². The standard InChI is InChI=1S/C18H26N4O3/c1-11-7-12(2)17(13(3)8-11)20-15(23)9-22(4)10-16(24)21-18(25)19-14-5-6-14/h7-8,14H,5-6,9-10H2,1-4H3,(H,20,23)(H2,19,21,24,25)/p+1. The summed E-state index contributed by atoms with van der Waals surface area (Å²) in [5, 5.41) is 7.89. The molecule has 1 aromatic carbocycles. The van der Waals surface area contributed by atoms with Crippen LogP contribution in [0.25, 0.3) is 0 Å². The maximum atomic E-state index is 12.2. The van der Waals surface area contributed by atoms with Gasteiger partial charge in [0.2, 0.25) is 0 Å². The molecular formula is C18H27N4O3+. The topological polar surface area (TPSA) is 91.7 Å². The van der Waals surface area contributed by atoms with E-state index in [0.717, 1.165) is 35.2 Å². The molecule has 1 atom stereocenters. The number of amides is 4. The van der Waals surface area contributed by atoms with E-state index in [2.05, 4.69) is 16.0 Å². The van der Waals surface area contributed by atoms with Crippen LogP contribution in [0.2, 0.25) is 0 Å². The minimum absolute atomic E-state index is 0.0529. The van der Waals surface area contributed by atoms with Gasteiger partial charge in [-0.25, -0.2) is 4.79 Å². The van der Waals surface area contributed by atoms with Crippen LogP contribution in [-0.2, 0) is 9.59 Å². The van der Waals surface area contributed by atoms with Crippen molar-refractivity contribution >= 4 is 23.5 Å². The summed E-state index contributed by atoms with van der Waals surface area (Å²) in [5.41, 5.74) is 3.99. The van der Waals surface area contributed by atoms with Crippen molar-refractivity contribution in [2.45, 2.75) is 39.7 Å². The molecule has 2 rings (SSSR count). The summed E-state index contributed by atoms with van der Waals surface area (Å²) < 4.78 is 0. The Bertz CT molecular complexity index is 660. The lowest BCUT2D eigenvalue weighted by atomic mass is 10.1. The highest BCUT2D eigenvalue weighted by atomic mass is 16.2. The van der Waals surface area contributed by atoms with Crippen LogP contribution in [0.4, 0.5) is 10.5 Å². The predicted molar refractivity (Wildman–Crippen MR) is 95.6 cm³/mol. The molecule has 0 spiro atoms. The number of imide groups is 1. The average Bonchev–Trinajstić information content (AvgIpc) is 3.25. The van der Waals surface area contributed by atoms with Crippen molar-refractivity contribution in [2.75, 3.05) is 25.5 Å². The Morgan fingerprint density at radius 1 is 1.04 bits per heavy atom. The Labute approximate surface area is 148 Å². The molecule has 0 aliphatic heterocycles. The van der Waals surface area contributed by atoms with E-state index in [0.29, 0.717) is 4.90 Å². The first-order valence-corrected chi connectivity index (χ1v) is 8.54. The first kappa shape index (κ1) is 18.9. The molecule has 7 nitrogen and oxygen atoms in total. The summed E-state index contributed by atoms with van der Waals surface area (Å²) in [6, 6.07) is 3.77. The number of quaternary nitrogens is 1. The number of hydrogen-bond acceptors (Lipinski definition) is 3. The number of likely N-dealkylation sites (N-methyl/N-ethyl adjacent to an activating group) is 1. The van der Waals surface area contributed by atoms with Gasteiger partial charge in [-0.2, -0.15) is 0 Å². The molecule has 25 heavy (non-hydrogen) atoms. The van der Waals surface area contributed by atoms with Crippen LogP contribution in [0.5, 0.6) is 0 Å². The third-order valence-corrected chi connectivity index (χ3v) is 4.03. The SMILES string of the molecule is Cc1cc(C)c(NC(=O)C[NH+](C)CC(=O)NC(=O)NC2CC2)c(C)c1. The second kappa shape index (κ2) is 8.11. The highest BCUT2D eigenvalue weighted by molar-refractivity contribution is 5.95. The van der Waals surface area contributed by atoms with Gasteiger partial charge in [0.15, 0.2) is 13.1 Å². The number of carbonyl (C=O) groups is 3. The van der Waals surface area contributed by atoms with Gasteiger partial charge in [0.25, 0.3) is 11.8 Å². The number of aryl methyl sites for hydroxylation is 3. The summed E-state index contributed by atoms with van der Waals surface area (Å²) in [4.78, 5) is 36.3. The van der Waals surface area contributed by atoms with E-state index >= 15 is 0 Å². The van der Waals surface area contributed by atoms with Crippen molar-refractivity contribution in [3.05, 3.63) is 28.8 Å². The van der Waals surface area contributed by atoms with Crippen LogP contribution in [0.1, 0.15) is 29.5 Å². The van der Waals surface area contributed by atoms with Crippen molar-refractivity contribution < 1.29 is 19.3 Å². The molecule has 136 valence electrons. The second-order valence-corrected chi connectivity index (χ2v) is 6.93. The van der Waals surface area contributed by atoms with Gasteiger partial charge >= 0.3 is 6.03 Å². The summed E-state index contributed by atoms with van der Waals surface area (Å²) in [7, 11) is 1.74. The zero-order valence-electron chi connectivity index (χ0n) is 15.3. The maximum absolute atomic E-state index is 12.2. The largest absolute Gasteiger partial charge is 0.335 e. The Kier molecular flexibility index (Phi) is 6.14. The molecule has 0 bridgehead atoms. The fourth-order valence-electron chi connectivity index (χ4n) is 2.79. The lowest BCUT2D eigenvalue weighted by molar-refractivity contribution is -0.862. The fraction of sp³-hybridized carbons (Fsp3) is 0.500. The normalized spacial score (nSPS) is 14.6. The van der Waals surface area contributed by atoms with Crippen LogP contribution in [0.3, 0.4) is 0 Å². The smallest absolute Gasteiger partial charge is 0.321 e. The summed E-state index contributed by atoms with van der Waals surface area (Å²) in [5.74, 6) is -0.561. The van der Waals surface area contributed by atoms with Crippen LogP contribution in [0.15, 0.2) is 12.1 Å². The summed E-state index contributed by atoms with van der Waals surface area (Å²) in [6.07, 6.45) is 1.93. The lowest BCUT2D eigenvalue weighted by Gasteiger charge is -2.16. The van der Waals surface area contributed by atoms with Crippen LogP contribution in [-0.4, -0.2) is 44.0 Å². The minimum Gasteiger partial charge on any atom is -0.335 e. The molecule has 1 aromatic rings. The fourth-order valence-corrected chi connectivity index (χ4v) is 2.79. The third-order valence-electron chi connectivity index (χ3n) is 4.03. The second-order valence-electron chi connectivity index (χ2n) is 6.93. The quantitative estimate of drug-likeness (QED) is 0.586. The number of anilines is 1. The maximum Gasteiger partial charge on any atom is 0.321 e. The van der Waals surface area contributed by atoms with Gasteiger partial charge in [0.1, 0.15) is 0 Å². The minimum atomic E-state index is -0.462. The van der Waals surface area contributed by atoms with E-state index in [4.69, 9.17) is 0 Å². The van der Waals surface area contributed by atoms with Crippen molar-refractivity contribution in [3.63, 3.8) is 0 Å². The van der Waals surface area contributed by atoms with Crippen LogP contribution < -0.4 is 20.9 Å². The number of carbonyl (C=O) groups excluding carboxylic acids is 3. The van der Waals surface area contributed by atoms with Crippen molar-refractivity contribution in [2.24, 2.45) is 0 Å². The Hall–Kier alpha value is -2.41. The molecule has 1 unspecified atom stereocenters. The number of rotatable bonds is 6. The molecule has 1 saturated carbocycles. The Morgan fingerprint density at radius 2 is 1.60 bits per heavy atom. The van der Waals surface area contributed by atoms with Crippen molar-refractivity contribution in [3.8, 4) is 0 Å². The van der Waals surface area contributed by atoms with Crippen LogP contribution >= 0.6 is 0 Å². The summed E-state index contributed by atoms with van der Waals surface area (Å²) in [6.45, 7) is 6.12. The van der Waals surface area contributed by atoms with Crippen molar-refractivity contribution in [1.82, 2.24) is 10.6 Å². The molecule has 7 heteroatoms. The van der Waals surface area contributed by atoms with E-state index in [-0.39, 0.29) is 25.0 Å². The van der Waals surface area contributed by atoms with E-state index < -0.39 is 11.9 Å². The third kappa shape index (κ3) is 6.19. The van der Waals surface area contributed by atoms with Crippen molar-refractivity contribution in [1.29, 1.82) is 0 Å². The van der Waals surface area contributed by atoms with E-state index in [1.165, 1.54) is 0 Å². The van der Waals surface area contributed by atoms with E-state index in [1.807, 2.05) is 32.9 Å². The molecule has 0 saturated heterocycles. The number of benzene rings is 1. The van der Waals surface area contributed by atoms with Gasteiger partial charge in [-0.15, -0.1) is 0 Å². The Morgan fingerprint density at radius 3 is 2.16 bits per heavy atom. The lowest BCUT2D eigenvalue weighted by Crippen LogP contribution is -3.11. The van der Waals surface area contributed by atoms with Gasteiger partial charge < -0.3 is 15.5 Å². The molecule has 1 fully saturated rings. The monoisotopic (exact) mass is 347 g/mol. The molecule has 0 radical (unpaired) electrons. The molecular weight excluding hydrogens is 320 g/mol. The Balaban J connectivity index is 1.79. The van der Waals surface area contributed by atoms with Gasteiger partial charge in [-0.05, 0) is 44.7 Å². The molecule has 0 aromatic heterocycles. The molecule has 4 amide bonds. The first-order chi connectivity index (χ1) is 11.7. The van der Waals surface area contributed by atoms with Gasteiger partial charge in [0, 0.05) is 11.7 Å². The highest BCUT2D eigenvalue weighted by Gasteiger charge is 2.24. The molecule has 0 heterocycles. The van der Waals surface area contributed by atoms with Crippen LogP contribution in [0, 0.1) is 20.8 Å². The molecule has 1 aliphatic carbocycles. The zero-order chi connectivity index (χ0) is 18.6. The van der Waals surface area contributed by atoms with Gasteiger partial charge in [0.05, 0.1) is 7.05 Å². The molecule has 1 aliphatic rings. The highest BCUT2D eigenvalue weighted by Crippen LogP contribution is 2.21. The number of nitrogens with one attached hydrogen (secondary N) is 4. The predicted octanol–water partition coefficient (Wildman–Crippen LogP) is 0.0533. The summed E-state index contributed by atoms with van der Waals surface area (Å²) >= 11 is 0. The van der Waals surface area contributed by atoms with Gasteiger partial charge in [-0.3, -0.25) is 14.9 Å². The molecule has 4 N–H and O–H groups in total. The van der Waals surface area contributed by atoms with E-state index in [1.54, 1.807) is 7.05 Å². The number of hydrogen-bond donors (Lipinski definition) is 4.